The summed E-state index contributed by atoms with van der Waals surface area (Å²) in [6.45, 7) is 3.14. The fourth-order valence-corrected chi connectivity index (χ4v) is 3.41. The molecule has 2 aromatic rings. The lowest BCUT2D eigenvalue weighted by molar-refractivity contribution is -0.116. The van der Waals surface area contributed by atoms with Crippen molar-refractivity contribution in [2.45, 2.75) is 0 Å². The minimum atomic E-state index is -3.83. The molecule has 0 aliphatic heterocycles. The minimum absolute atomic E-state index is 0.0184. The van der Waals surface area contributed by atoms with Gasteiger partial charge in [0.2, 0.25) is 21.8 Å². The monoisotopic (exact) mass is 399 g/mol. The van der Waals surface area contributed by atoms with Crippen molar-refractivity contribution in [3.63, 3.8) is 0 Å². The standard InChI is InChI=1S/C20H21N3O4S/c1-2-13-23(28(26,27)14-12-16-6-4-3-5-7-16)15-19(24)22-18-10-8-17(9-11-18)20(21)25/h2-12,14H,1,13,15H2,(H2,21,25)(H,22,24)/b14-12+. The Kier molecular flexibility index (Phi) is 7.25. The molecule has 146 valence electrons. The Morgan fingerprint density at radius 3 is 2.29 bits per heavy atom. The SMILES string of the molecule is C=CCN(CC(=O)Nc1ccc(C(N)=O)cc1)S(=O)(=O)/C=C/c1ccccc1. The van der Waals surface area contributed by atoms with Crippen LogP contribution in [0.1, 0.15) is 15.9 Å². The molecular weight excluding hydrogens is 378 g/mol. The average molecular weight is 399 g/mol. The van der Waals surface area contributed by atoms with Gasteiger partial charge in [-0.05, 0) is 35.9 Å². The highest BCUT2D eigenvalue weighted by molar-refractivity contribution is 7.92. The summed E-state index contributed by atoms with van der Waals surface area (Å²) in [4.78, 5) is 23.3. The Hall–Kier alpha value is -3.23. The van der Waals surface area contributed by atoms with E-state index in [1.54, 1.807) is 24.3 Å². The molecule has 0 atom stereocenters. The van der Waals surface area contributed by atoms with Crippen LogP contribution in [0.3, 0.4) is 0 Å². The van der Waals surface area contributed by atoms with Gasteiger partial charge < -0.3 is 11.1 Å². The first-order chi connectivity index (χ1) is 13.3. The van der Waals surface area contributed by atoms with Crippen LogP contribution < -0.4 is 11.1 Å². The number of hydrogen-bond donors (Lipinski definition) is 2. The van der Waals surface area contributed by atoms with Crippen LogP contribution in [-0.2, 0) is 14.8 Å². The third-order valence-electron chi connectivity index (χ3n) is 3.70. The first-order valence-electron chi connectivity index (χ1n) is 8.36. The first kappa shape index (κ1) is 21.1. The normalized spacial score (nSPS) is 11.5. The second kappa shape index (κ2) is 9.63. The molecule has 0 aliphatic rings. The van der Waals surface area contributed by atoms with Gasteiger partial charge in [-0.3, -0.25) is 9.59 Å². The lowest BCUT2D eigenvalue weighted by atomic mass is 10.2. The molecule has 8 heteroatoms. The molecule has 0 saturated carbocycles. The van der Waals surface area contributed by atoms with E-state index in [1.807, 2.05) is 6.07 Å². The van der Waals surface area contributed by atoms with Gasteiger partial charge in [-0.15, -0.1) is 6.58 Å². The number of nitrogens with two attached hydrogens (primary N) is 1. The van der Waals surface area contributed by atoms with E-state index < -0.39 is 21.8 Å². The van der Waals surface area contributed by atoms with Gasteiger partial charge in [0.05, 0.1) is 6.54 Å². The molecule has 3 N–H and O–H groups in total. The van der Waals surface area contributed by atoms with E-state index in [0.29, 0.717) is 11.3 Å². The van der Waals surface area contributed by atoms with Gasteiger partial charge in [0.1, 0.15) is 0 Å². The maximum Gasteiger partial charge on any atom is 0.248 e. The molecule has 0 heterocycles. The van der Waals surface area contributed by atoms with Gasteiger partial charge in [0.15, 0.2) is 0 Å². The number of sulfonamides is 1. The number of hydrogen-bond acceptors (Lipinski definition) is 4. The summed E-state index contributed by atoms with van der Waals surface area (Å²) in [7, 11) is -3.83. The summed E-state index contributed by atoms with van der Waals surface area (Å²) in [6.07, 6.45) is 2.87. The van der Waals surface area contributed by atoms with Crippen LogP contribution in [0.15, 0.2) is 72.7 Å². The van der Waals surface area contributed by atoms with Crippen LogP contribution in [0.2, 0.25) is 0 Å². The smallest absolute Gasteiger partial charge is 0.248 e. The molecule has 28 heavy (non-hydrogen) atoms. The molecule has 2 aromatic carbocycles. The lowest BCUT2D eigenvalue weighted by Gasteiger charge is -2.18. The summed E-state index contributed by atoms with van der Waals surface area (Å²) in [5.41, 5.74) is 6.62. The van der Waals surface area contributed by atoms with Crippen molar-refractivity contribution < 1.29 is 18.0 Å². The van der Waals surface area contributed by atoms with Gasteiger partial charge in [-0.25, -0.2) is 8.42 Å². The molecular formula is C20H21N3O4S. The number of benzene rings is 2. The number of primary amides is 1. The minimum Gasteiger partial charge on any atom is -0.366 e. The number of carbonyl (C=O) groups is 2. The van der Waals surface area contributed by atoms with Gasteiger partial charge in [-0.1, -0.05) is 36.4 Å². The predicted molar refractivity (Wildman–Crippen MR) is 110 cm³/mol. The van der Waals surface area contributed by atoms with Gasteiger partial charge >= 0.3 is 0 Å². The highest BCUT2D eigenvalue weighted by Crippen LogP contribution is 2.11. The molecule has 2 rings (SSSR count). The fourth-order valence-electron chi connectivity index (χ4n) is 2.30. The van der Waals surface area contributed by atoms with E-state index in [9.17, 15) is 18.0 Å². The van der Waals surface area contributed by atoms with E-state index in [1.165, 1.54) is 36.4 Å². The zero-order chi connectivity index (χ0) is 20.6. The second-order valence-corrected chi connectivity index (χ2v) is 7.65. The Morgan fingerprint density at radius 2 is 1.71 bits per heavy atom. The summed E-state index contributed by atoms with van der Waals surface area (Å²) in [5, 5.41) is 3.64. The molecule has 2 amide bonds. The number of nitrogens with one attached hydrogen (secondary N) is 1. The quantitative estimate of drug-likeness (QED) is 0.630. The molecule has 0 aliphatic carbocycles. The molecule has 0 aromatic heterocycles. The highest BCUT2D eigenvalue weighted by Gasteiger charge is 2.21. The van der Waals surface area contributed by atoms with Crippen molar-refractivity contribution in [1.82, 2.24) is 4.31 Å². The van der Waals surface area contributed by atoms with Gasteiger partial charge in [0, 0.05) is 23.2 Å². The van der Waals surface area contributed by atoms with Crippen molar-refractivity contribution in [1.29, 1.82) is 0 Å². The molecule has 0 saturated heterocycles. The van der Waals surface area contributed by atoms with E-state index in [4.69, 9.17) is 5.73 Å². The number of anilines is 1. The molecule has 7 nitrogen and oxygen atoms in total. The summed E-state index contributed by atoms with van der Waals surface area (Å²) < 4.78 is 26.1. The Labute approximate surface area is 164 Å². The van der Waals surface area contributed by atoms with Crippen LogP contribution in [0.5, 0.6) is 0 Å². The largest absolute Gasteiger partial charge is 0.366 e. The van der Waals surface area contributed by atoms with Crippen molar-refractivity contribution in [2.75, 3.05) is 18.4 Å². The average Bonchev–Trinajstić information content (AvgIpc) is 2.67. The molecule has 0 spiro atoms. The number of amides is 2. The van der Waals surface area contributed by atoms with E-state index in [2.05, 4.69) is 11.9 Å². The molecule has 0 fully saturated rings. The molecule has 0 unspecified atom stereocenters. The zero-order valence-corrected chi connectivity index (χ0v) is 15.9. The number of nitrogens with zero attached hydrogens (tertiary/aromatic N) is 1. The second-order valence-electron chi connectivity index (χ2n) is 5.83. The van der Waals surface area contributed by atoms with Crippen LogP contribution >= 0.6 is 0 Å². The highest BCUT2D eigenvalue weighted by atomic mass is 32.2. The molecule has 0 bridgehead atoms. The maximum atomic E-state index is 12.6. The van der Waals surface area contributed by atoms with Crippen molar-refractivity contribution in [3.05, 3.63) is 83.8 Å². The summed E-state index contributed by atoms with van der Waals surface area (Å²) >= 11 is 0. The first-order valence-corrected chi connectivity index (χ1v) is 9.86. The van der Waals surface area contributed by atoms with Crippen molar-refractivity contribution in [3.8, 4) is 0 Å². The lowest BCUT2D eigenvalue weighted by Crippen LogP contribution is -2.37. The Morgan fingerprint density at radius 1 is 1.07 bits per heavy atom. The maximum absolute atomic E-state index is 12.6. The third kappa shape index (κ3) is 6.19. The summed E-state index contributed by atoms with van der Waals surface area (Å²) in [5.74, 6) is -1.10. The summed E-state index contributed by atoms with van der Waals surface area (Å²) in [6, 6.07) is 14.9. The van der Waals surface area contributed by atoms with Crippen LogP contribution in [0.4, 0.5) is 5.69 Å². The van der Waals surface area contributed by atoms with Gasteiger partial charge in [0.25, 0.3) is 0 Å². The van der Waals surface area contributed by atoms with Crippen LogP contribution in [0.25, 0.3) is 6.08 Å². The topological polar surface area (TPSA) is 110 Å². The van der Waals surface area contributed by atoms with Crippen LogP contribution in [-0.4, -0.2) is 37.6 Å². The van der Waals surface area contributed by atoms with Crippen molar-refractivity contribution >= 4 is 33.6 Å². The Balaban J connectivity index is 2.08. The third-order valence-corrected chi connectivity index (χ3v) is 5.18. The van der Waals surface area contributed by atoms with E-state index in [0.717, 1.165) is 15.3 Å². The number of rotatable bonds is 9. The van der Waals surface area contributed by atoms with Crippen LogP contribution in [0, 0.1) is 0 Å². The molecule has 0 radical (unpaired) electrons. The Bertz CT molecular complexity index is 968. The van der Waals surface area contributed by atoms with Crippen molar-refractivity contribution in [2.24, 2.45) is 5.73 Å². The van der Waals surface area contributed by atoms with E-state index >= 15 is 0 Å². The number of carbonyl (C=O) groups excluding carboxylic acids is 2. The fraction of sp³-hybridized carbons (Fsp3) is 0.100. The predicted octanol–water partition coefficient (Wildman–Crippen LogP) is 2.21. The zero-order valence-electron chi connectivity index (χ0n) is 15.1. The van der Waals surface area contributed by atoms with Gasteiger partial charge in [-0.2, -0.15) is 4.31 Å². The van der Waals surface area contributed by atoms with E-state index in [-0.39, 0.29) is 13.1 Å².